The molecule has 0 radical (unpaired) electrons. The number of rotatable bonds is 1. The summed E-state index contributed by atoms with van der Waals surface area (Å²) in [7, 11) is 0. The average Bonchev–Trinajstić information content (AvgIpc) is 2.40. The summed E-state index contributed by atoms with van der Waals surface area (Å²) < 4.78 is 0. The monoisotopic (exact) mass is 268 g/mol. The van der Waals surface area contributed by atoms with Crippen molar-refractivity contribution >= 4 is 17.5 Å². The minimum atomic E-state index is 0.285. The molecule has 0 atom stereocenters. The highest BCUT2D eigenvalue weighted by Gasteiger charge is 2.19. The molecule has 0 bridgehead atoms. The van der Waals surface area contributed by atoms with E-state index < -0.39 is 0 Å². The van der Waals surface area contributed by atoms with Crippen LogP contribution in [0.15, 0.2) is 41.3 Å². The van der Waals surface area contributed by atoms with Crippen LogP contribution in [0.3, 0.4) is 0 Å². The zero-order valence-electron chi connectivity index (χ0n) is 11.2. The van der Waals surface area contributed by atoms with E-state index in [1.807, 2.05) is 0 Å². The van der Waals surface area contributed by atoms with Crippen molar-refractivity contribution in [2.24, 2.45) is 0 Å². The first-order valence-electron chi connectivity index (χ1n) is 6.53. The number of thioether (sulfide) groups is 1. The number of fused-ring (bicyclic) bond motifs is 1. The van der Waals surface area contributed by atoms with E-state index >= 15 is 0 Å². The third-order valence-electron chi connectivity index (χ3n) is 3.65. The minimum absolute atomic E-state index is 0.285. The van der Waals surface area contributed by atoms with Gasteiger partial charge in [-0.2, -0.15) is 0 Å². The highest BCUT2D eigenvalue weighted by atomic mass is 32.2. The summed E-state index contributed by atoms with van der Waals surface area (Å²) in [5, 5.41) is 0. The molecule has 0 aromatic heterocycles. The fraction of sp³-hybridized carbons (Fsp3) is 0.235. The maximum Gasteiger partial charge on any atom is 0.164 e. The molecule has 0 unspecified atom stereocenters. The van der Waals surface area contributed by atoms with E-state index in [4.69, 9.17) is 0 Å². The Bertz CT molecular complexity index is 658. The molecule has 2 heteroatoms. The first-order valence-corrected chi connectivity index (χ1v) is 7.52. The van der Waals surface area contributed by atoms with E-state index in [0.29, 0.717) is 6.42 Å². The van der Waals surface area contributed by atoms with Crippen molar-refractivity contribution in [1.29, 1.82) is 0 Å². The first-order chi connectivity index (χ1) is 9.16. The maximum absolute atomic E-state index is 11.9. The molecule has 0 saturated heterocycles. The SMILES string of the molecule is Cc1ccccc1-c1cc2c(cc1C)C(=O)CCS2. The van der Waals surface area contributed by atoms with Crippen LogP contribution >= 0.6 is 11.8 Å². The van der Waals surface area contributed by atoms with Crippen molar-refractivity contribution in [2.45, 2.75) is 25.2 Å². The lowest BCUT2D eigenvalue weighted by molar-refractivity contribution is 0.0984. The molecule has 0 spiro atoms. The van der Waals surface area contributed by atoms with Gasteiger partial charge in [0.2, 0.25) is 0 Å². The van der Waals surface area contributed by atoms with Gasteiger partial charge in [0.25, 0.3) is 0 Å². The minimum Gasteiger partial charge on any atom is -0.294 e. The van der Waals surface area contributed by atoms with Gasteiger partial charge in [0, 0.05) is 22.6 Å². The number of aryl methyl sites for hydroxylation is 2. The molecule has 2 aromatic rings. The highest BCUT2D eigenvalue weighted by molar-refractivity contribution is 7.99. The second kappa shape index (κ2) is 4.86. The van der Waals surface area contributed by atoms with E-state index in [9.17, 15) is 4.79 Å². The predicted octanol–water partition coefficient (Wildman–Crippen LogP) is 4.65. The van der Waals surface area contributed by atoms with Crippen LogP contribution in [0.2, 0.25) is 0 Å². The summed E-state index contributed by atoms with van der Waals surface area (Å²) in [4.78, 5) is 13.1. The molecule has 3 rings (SSSR count). The molecule has 19 heavy (non-hydrogen) atoms. The summed E-state index contributed by atoms with van der Waals surface area (Å²) in [6.45, 7) is 4.22. The van der Waals surface area contributed by atoms with Gasteiger partial charge in [-0.05, 0) is 48.2 Å². The largest absolute Gasteiger partial charge is 0.294 e. The molecule has 1 aliphatic rings. The van der Waals surface area contributed by atoms with E-state index in [-0.39, 0.29) is 5.78 Å². The van der Waals surface area contributed by atoms with Crippen molar-refractivity contribution in [2.75, 3.05) is 5.75 Å². The lowest BCUT2D eigenvalue weighted by Crippen LogP contribution is -2.08. The lowest BCUT2D eigenvalue weighted by atomic mass is 9.94. The number of Topliss-reactive ketones (excluding diaryl/α,β-unsaturated/α-hetero) is 1. The Kier molecular flexibility index (Phi) is 3.19. The van der Waals surface area contributed by atoms with Crippen molar-refractivity contribution < 1.29 is 4.79 Å². The molecule has 0 N–H and O–H groups in total. The zero-order valence-corrected chi connectivity index (χ0v) is 12.0. The van der Waals surface area contributed by atoms with E-state index in [1.165, 1.54) is 22.3 Å². The lowest BCUT2D eigenvalue weighted by Gasteiger charge is -2.18. The van der Waals surface area contributed by atoms with Crippen molar-refractivity contribution in [1.82, 2.24) is 0 Å². The van der Waals surface area contributed by atoms with Crippen LogP contribution in [-0.4, -0.2) is 11.5 Å². The number of hydrogen-bond donors (Lipinski definition) is 0. The van der Waals surface area contributed by atoms with Crippen molar-refractivity contribution in [3.8, 4) is 11.1 Å². The second-order valence-electron chi connectivity index (χ2n) is 5.00. The molecule has 2 aromatic carbocycles. The summed E-state index contributed by atoms with van der Waals surface area (Å²) in [6.07, 6.45) is 0.667. The molecular formula is C17H16OS. The maximum atomic E-state index is 11.9. The Morgan fingerprint density at radius 2 is 1.74 bits per heavy atom. The van der Waals surface area contributed by atoms with Crippen molar-refractivity contribution in [3.63, 3.8) is 0 Å². The first kappa shape index (κ1) is 12.5. The quantitative estimate of drug-likeness (QED) is 0.749. The van der Waals surface area contributed by atoms with Crippen LogP contribution in [0.4, 0.5) is 0 Å². The molecule has 1 aliphatic heterocycles. The van der Waals surface area contributed by atoms with Crippen LogP contribution in [0.5, 0.6) is 0 Å². The van der Waals surface area contributed by atoms with E-state index in [1.54, 1.807) is 11.8 Å². The van der Waals surface area contributed by atoms with Gasteiger partial charge >= 0.3 is 0 Å². The molecule has 1 heterocycles. The summed E-state index contributed by atoms with van der Waals surface area (Å²) in [6, 6.07) is 12.7. The van der Waals surface area contributed by atoms with Gasteiger partial charge in [0.1, 0.15) is 0 Å². The van der Waals surface area contributed by atoms with Gasteiger partial charge in [0.15, 0.2) is 5.78 Å². The highest BCUT2D eigenvalue weighted by Crippen LogP contribution is 2.36. The van der Waals surface area contributed by atoms with Crippen LogP contribution in [0, 0.1) is 13.8 Å². The molecule has 96 valence electrons. The summed E-state index contributed by atoms with van der Waals surface area (Å²) in [5.74, 6) is 1.19. The molecular weight excluding hydrogens is 252 g/mol. The molecule has 0 saturated carbocycles. The van der Waals surface area contributed by atoms with Crippen LogP contribution in [0.25, 0.3) is 11.1 Å². The number of hydrogen-bond acceptors (Lipinski definition) is 2. The number of benzene rings is 2. The molecule has 1 nitrogen and oxygen atoms in total. The summed E-state index contributed by atoms with van der Waals surface area (Å²) in [5.41, 5.74) is 5.88. The fourth-order valence-electron chi connectivity index (χ4n) is 2.58. The molecule has 0 aliphatic carbocycles. The summed E-state index contributed by atoms with van der Waals surface area (Å²) >= 11 is 1.80. The Morgan fingerprint density at radius 3 is 2.53 bits per heavy atom. The normalized spacial score (nSPS) is 14.3. The smallest absolute Gasteiger partial charge is 0.164 e. The Labute approximate surface area is 118 Å². The topological polar surface area (TPSA) is 17.1 Å². The Morgan fingerprint density at radius 1 is 0.947 bits per heavy atom. The van der Waals surface area contributed by atoms with Crippen molar-refractivity contribution in [3.05, 3.63) is 53.1 Å². The van der Waals surface area contributed by atoms with Crippen LogP contribution in [0.1, 0.15) is 27.9 Å². The van der Waals surface area contributed by atoms with Gasteiger partial charge in [-0.25, -0.2) is 0 Å². The van der Waals surface area contributed by atoms with Gasteiger partial charge < -0.3 is 0 Å². The van der Waals surface area contributed by atoms with Gasteiger partial charge in [-0.3, -0.25) is 4.79 Å². The third-order valence-corrected chi connectivity index (χ3v) is 4.71. The van der Waals surface area contributed by atoms with Gasteiger partial charge in [-0.15, -0.1) is 11.8 Å². The van der Waals surface area contributed by atoms with E-state index in [2.05, 4.69) is 50.2 Å². The van der Waals surface area contributed by atoms with Gasteiger partial charge in [0.05, 0.1) is 0 Å². The average molecular weight is 268 g/mol. The zero-order chi connectivity index (χ0) is 13.4. The molecule has 0 amide bonds. The standard InChI is InChI=1S/C17H16OS/c1-11-5-3-4-6-13(11)14-10-17-15(9-12(14)2)16(18)7-8-19-17/h3-6,9-10H,7-8H2,1-2H3. The van der Waals surface area contributed by atoms with Gasteiger partial charge in [-0.1, -0.05) is 24.3 Å². The third kappa shape index (κ3) is 2.21. The number of ketones is 1. The predicted molar refractivity (Wildman–Crippen MR) is 81.0 cm³/mol. The molecule has 0 fully saturated rings. The number of carbonyl (C=O) groups excluding carboxylic acids is 1. The van der Waals surface area contributed by atoms with Crippen LogP contribution < -0.4 is 0 Å². The second-order valence-corrected chi connectivity index (χ2v) is 6.14. The Hall–Kier alpha value is -1.54. The van der Waals surface area contributed by atoms with Crippen LogP contribution in [-0.2, 0) is 0 Å². The Balaban J connectivity index is 2.19. The number of carbonyl (C=O) groups is 1. The van der Waals surface area contributed by atoms with E-state index in [0.717, 1.165) is 16.2 Å². The fourth-order valence-corrected chi connectivity index (χ4v) is 3.62.